The molecule has 0 radical (unpaired) electrons. The van der Waals surface area contributed by atoms with Crippen LogP contribution in [0.5, 0.6) is 11.5 Å². The van der Waals surface area contributed by atoms with Crippen LogP contribution in [0.3, 0.4) is 0 Å². The van der Waals surface area contributed by atoms with Crippen LogP contribution in [-0.4, -0.2) is 60.8 Å². The number of likely N-dealkylation sites (N-methyl/N-ethyl adjacent to an activating group) is 1. The molecule has 8 heteroatoms. The van der Waals surface area contributed by atoms with Crippen molar-refractivity contribution in [1.82, 2.24) is 9.62 Å². The van der Waals surface area contributed by atoms with Crippen molar-refractivity contribution in [1.29, 1.82) is 0 Å². The number of benzene rings is 2. The Hall–Kier alpha value is -2.29. The van der Waals surface area contributed by atoms with E-state index < -0.39 is 10.0 Å². The van der Waals surface area contributed by atoms with E-state index in [9.17, 15) is 8.42 Å². The van der Waals surface area contributed by atoms with Gasteiger partial charge in [0.2, 0.25) is 10.0 Å². The molecule has 2 aliphatic heterocycles. The number of nitrogens with one attached hydrogen (secondary N) is 1. The summed E-state index contributed by atoms with van der Waals surface area (Å²) in [4.78, 5) is 4.81. The van der Waals surface area contributed by atoms with Gasteiger partial charge in [-0.15, -0.1) is 0 Å². The fourth-order valence-electron chi connectivity index (χ4n) is 4.75. The highest BCUT2D eigenvalue weighted by Crippen LogP contribution is 2.33. The first-order valence-electron chi connectivity index (χ1n) is 11.2. The third kappa shape index (κ3) is 4.72. The number of nitrogens with zero attached hydrogens (tertiary/aromatic N) is 2. The Bertz CT molecular complexity index is 1050. The van der Waals surface area contributed by atoms with E-state index in [0.717, 1.165) is 38.9 Å². The highest BCUT2D eigenvalue weighted by atomic mass is 32.2. The van der Waals surface area contributed by atoms with E-state index in [1.807, 2.05) is 0 Å². The molecule has 0 spiro atoms. The van der Waals surface area contributed by atoms with Gasteiger partial charge in [-0.1, -0.05) is 18.6 Å². The number of hydrogen-bond donors (Lipinski definition) is 1. The largest absolute Gasteiger partial charge is 0.497 e. The van der Waals surface area contributed by atoms with Crippen molar-refractivity contribution in [3.8, 4) is 11.5 Å². The van der Waals surface area contributed by atoms with E-state index in [2.05, 4.69) is 39.8 Å². The van der Waals surface area contributed by atoms with Gasteiger partial charge in [-0.25, -0.2) is 13.1 Å². The van der Waals surface area contributed by atoms with E-state index in [0.29, 0.717) is 12.3 Å². The van der Waals surface area contributed by atoms with Crippen LogP contribution in [-0.2, 0) is 16.4 Å². The van der Waals surface area contributed by atoms with Crippen molar-refractivity contribution in [3.05, 3.63) is 47.5 Å². The summed E-state index contributed by atoms with van der Waals surface area (Å²) in [6.07, 6.45) is 4.54. The molecule has 1 N–H and O–H groups in total. The van der Waals surface area contributed by atoms with Gasteiger partial charge in [-0.2, -0.15) is 0 Å². The molecular formula is C24H33N3O4S. The summed E-state index contributed by atoms with van der Waals surface area (Å²) in [5, 5.41) is 0. The van der Waals surface area contributed by atoms with E-state index in [1.54, 1.807) is 19.2 Å². The minimum absolute atomic E-state index is 0.00877. The Kier molecular flexibility index (Phi) is 6.93. The topological polar surface area (TPSA) is 71.1 Å². The summed E-state index contributed by atoms with van der Waals surface area (Å²) in [7, 11) is 1.36. The lowest BCUT2D eigenvalue weighted by molar-refractivity contribution is 0.164. The second-order valence-corrected chi connectivity index (χ2v) is 10.3. The zero-order valence-corrected chi connectivity index (χ0v) is 20.0. The molecule has 1 saturated heterocycles. The Balaban J connectivity index is 1.59. The maximum Gasteiger partial charge on any atom is 0.244 e. The van der Waals surface area contributed by atoms with Gasteiger partial charge in [0.15, 0.2) is 0 Å². The second kappa shape index (κ2) is 9.68. The Morgan fingerprint density at radius 2 is 1.78 bits per heavy atom. The van der Waals surface area contributed by atoms with Crippen molar-refractivity contribution in [3.63, 3.8) is 0 Å². The van der Waals surface area contributed by atoms with Gasteiger partial charge >= 0.3 is 0 Å². The quantitative estimate of drug-likeness (QED) is 0.654. The molecule has 1 fully saturated rings. The number of piperidine rings is 1. The van der Waals surface area contributed by atoms with E-state index in [4.69, 9.17) is 9.47 Å². The molecule has 32 heavy (non-hydrogen) atoms. The lowest BCUT2D eigenvalue weighted by Gasteiger charge is -2.35. The first kappa shape index (κ1) is 22.9. The van der Waals surface area contributed by atoms with Crippen LogP contribution in [0.4, 0.5) is 5.69 Å². The zero-order valence-electron chi connectivity index (χ0n) is 19.1. The standard InChI is InChI=1S/C24H33N3O4S/c1-26-14-11-19-15-18(7-9-21(19)26)22(27-12-5-4-6-13-27)17-25-32(28,29)24-10-8-20(30-2)16-23(24)31-3/h7-10,15-16,22,25H,4-6,11-14,17H2,1-3H3/t22-/m0/s1. The van der Waals surface area contributed by atoms with Crippen LogP contribution in [0.15, 0.2) is 41.3 Å². The van der Waals surface area contributed by atoms with Gasteiger partial charge in [0, 0.05) is 37.9 Å². The number of fused-ring (bicyclic) bond motifs is 1. The summed E-state index contributed by atoms with van der Waals surface area (Å²) >= 11 is 0. The molecule has 174 valence electrons. The van der Waals surface area contributed by atoms with Gasteiger partial charge in [0.1, 0.15) is 16.4 Å². The average Bonchev–Trinajstić information content (AvgIpc) is 3.19. The SMILES string of the molecule is COc1ccc(S(=O)(=O)NC[C@@H](c2ccc3c(c2)CCN3C)N2CCCCC2)c(OC)c1. The summed E-state index contributed by atoms with van der Waals surface area (Å²) in [5.41, 5.74) is 3.78. The predicted octanol–water partition coefficient (Wildman–Crippen LogP) is 3.20. The smallest absolute Gasteiger partial charge is 0.244 e. The number of anilines is 1. The Labute approximate surface area is 191 Å². The van der Waals surface area contributed by atoms with E-state index >= 15 is 0 Å². The number of rotatable bonds is 8. The fourth-order valence-corrected chi connectivity index (χ4v) is 5.93. The van der Waals surface area contributed by atoms with Crippen LogP contribution < -0.4 is 19.1 Å². The predicted molar refractivity (Wildman–Crippen MR) is 126 cm³/mol. The van der Waals surface area contributed by atoms with Crippen molar-refractivity contribution in [2.45, 2.75) is 36.6 Å². The molecule has 0 saturated carbocycles. The maximum atomic E-state index is 13.2. The van der Waals surface area contributed by atoms with Gasteiger partial charge in [-0.3, -0.25) is 4.90 Å². The zero-order chi connectivity index (χ0) is 22.7. The summed E-state index contributed by atoms with van der Waals surface area (Å²) in [6.45, 7) is 3.30. The van der Waals surface area contributed by atoms with Gasteiger partial charge in [0.25, 0.3) is 0 Å². The molecule has 2 aromatic rings. The molecule has 0 amide bonds. The van der Waals surface area contributed by atoms with Crippen molar-refractivity contribution in [2.75, 3.05) is 52.3 Å². The number of likely N-dealkylation sites (tertiary alicyclic amines) is 1. The highest BCUT2D eigenvalue weighted by molar-refractivity contribution is 7.89. The lowest BCUT2D eigenvalue weighted by Crippen LogP contribution is -2.40. The highest BCUT2D eigenvalue weighted by Gasteiger charge is 2.28. The Morgan fingerprint density at radius 3 is 2.50 bits per heavy atom. The third-order valence-corrected chi connectivity index (χ3v) is 8.04. The lowest BCUT2D eigenvalue weighted by atomic mass is 9.99. The van der Waals surface area contributed by atoms with Gasteiger partial charge in [-0.05, 0) is 61.7 Å². The molecule has 2 heterocycles. The molecule has 0 unspecified atom stereocenters. The minimum atomic E-state index is -3.76. The number of methoxy groups -OCH3 is 2. The van der Waals surface area contributed by atoms with E-state index in [1.165, 1.54) is 36.4 Å². The second-order valence-electron chi connectivity index (χ2n) is 8.54. The van der Waals surface area contributed by atoms with Gasteiger partial charge < -0.3 is 14.4 Å². The van der Waals surface area contributed by atoms with Crippen LogP contribution in [0.2, 0.25) is 0 Å². The molecule has 7 nitrogen and oxygen atoms in total. The average molecular weight is 460 g/mol. The molecule has 2 aliphatic rings. The van der Waals surface area contributed by atoms with Crippen LogP contribution in [0.1, 0.15) is 36.4 Å². The fraction of sp³-hybridized carbons (Fsp3) is 0.500. The number of hydrogen-bond acceptors (Lipinski definition) is 6. The first-order valence-corrected chi connectivity index (χ1v) is 12.7. The van der Waals surface area contributed by atoms with Crippen molar-refractivity contribution < 1.29 is 17.9 Å². The van der Waals surface area contributed by atoms with Crippen LogP contribution >= 0.6 is 0 Å². The minimum Gasteiger partial charge on any atom is -0.497 e. The molecule has 0 bridgehead atoms. The van der Waals surface area contributed by atoms with Gasteiger partial charge in [0.05, 0.1) is 14.2 Å². The van der Waals surface area contributed by atoms with Crippen LogP contribution in [0.25, 0.3) is 0 Å². The molecule has 2 aromatic carbocycles. The molecular weight excluding hydrogens is 426 g/mol. The summed E-state index contributed by atoms with van der Waals surface area (Å²) in [6, 6.07) is 11.3. The van der Waals surface area contributed by atoms with E-state index in [-0.39, 0.29) is 16.7 Å². The third-order valence-electron chi connectivity index (χ3n) is 6.57. The first-order chi connectivity index (χ1) is 15.4. The molecule has 0 aliphatic carbocycles. The molecule has 1 atom stereocenters. The maximum absolute atomic E-state index is 13.2. The van der Waals surface area contributed by atoms with Crippen molar-refractivity contribution in [2.24, 2.45) is 0 Å². The Morgan fingerprint density at radius 1 is 1.00 bits per heavy atom. The summed E-state index contributed by atoms with van der Waals surface area (Å²) in [5.74, 6) is 0.821. The van der Waals surface area contributed by atoms with Crippen molar-refractivity contribution >= 4 is 15.7 Å². The van der Waals surface area contributed by atoms with Crippen LogP contribution in [0, 0.1) is 0 Å². The summed E-state index contributed by atoms with van der Waals surface area (Å²) < 4.78 is 39.8. The molecule has 4 rings (SSSR count). The number of ether oxygens (including phenoxy) is 2. The molecule has 0 aromatic heterocycles. The normalized spacial score (nSPS) is 17.8. The number of sulfonamides is 1. The monoisotopic (exact) mass is 459 g/mol.